The van der Waals surface area contributed by atoms with Crippen molar-refractivity contribution in [2.24, 2.45) is 17.4 Å². The van der Waals surface area contributed by atoms with E-state index < -0.39 is 48.4 Å². The first-order valence-corrected chi connectivity index (χ1v) is 10.7. The number of nitrogens with one attached hydrogen (secondary N) is 4. The molecule has 0 aliphatic rings. The third kappa shape index (κ3) is 10.4. The lowest BCUT2D eigenvalue weighted by atomic mass is 10.0. The second-order valence-corrected chi connectivity index (χ2v) is 8.04. The van der Waals surface area contributed by atoms with E-state index in [9.17, 15) is 24.3 Å². The highest BCUT2D eigenvalue weighted by Crippen LogP contribution is 2.05. The van der Waals surface area contributed by atoms with Crippen LogP contribution in [-0.2, 0) is 25.6 Å². The minimum absolute atomic E-state index is 0.116. The largest absolute Gasteiger partial charge is 0.480 e. The molecule has 0 bridgehead atoms. The number of amides is 3. The molecule has 0 aromatic carbocycles. The Bertz CT molecular complexity index is 739. The SMILES string of the molecule is CC(C)CC(N)C(=O)NC(Cc1cnc[nH]1)C(=O)NCC(=O)NC(CCCCN)C(=O)O. The molecule has 12 heteroatoms. The number of carboxylic acid groups (broad SMARTS) is 1. The van der Waals surface area contributed by atoms with Gasteiger partial charge in [-0.3, -0.25) is 14.4 Å². The number of carbonyl (C=O) groups excluding carboxylic acids is 3. The highest BCUT2D eigenvalue weighted by atomic mass is 16.4. The van der Waals surface area contributed by atoms with Crippen molar-refractivity contribution >= 4 is 23.7 Å². The molecule has 12 nitrogen and oxygen atoms in total. The number of aromatic amines is 1. The van der Waals surface area contributed by atoms with Gasteiger partial charge < -0.3 is 37.5 Å². The van der Waals surface area contributed by atoms with Crippen LogP contribution < -0.4 is 27.4 Å². The fourth-order valence-electron chi connectivity index (χ4n) is 3.01. The number of rotatable bonds is 15. The van der Waals surface area contributed by atoms with Crippen LogP contribution in [-0.4, -0.2) is 70.0 Å². The topological polar surface area (TPSA) is 205 Å². The number of aliphatic carboxylic acids is 1. The first kappa shape index (κ1) is 27.0. The van der Waals surface area contributed by atoms with Crippen LogP contribution in [0.5, 0.6) is 0 Å². The normalized spacial score (nSPS) is 13.8. The molecule has 0 spiro atoms. The summed E-state index contributed by atoms with van der Waals surface area (Å²) in [6.45, 7) is 3.86. The van der Waals surface area contributed by atoms with Gasteiger partial charge in [0.25, 0.3) is 0 Å². The average Bonchev–Trinajstić information content (AvgIpc) is 3.23. The molecule has 1 heterocycles. The predicted molar refractivity (Wildman–Crippen MR) is 117 cm³/mol. The molecule has 9 N–H and O–H groups in total. The molecule has 0 aliphatic heterocycles. The van der Waals surface area contributed by atoms with Gasteiger partial charge in [-0.2, -0.15) is 0 Å². The van der Waals surface area contributed by atoms with Crippen LogP contribution in [0, 0.1) is 5.92 Å². The van der Waals surface area contributed by atoms with Gasteiger partial charge in [-0.15, -0.1) is 0 Å². The Hall–Kier alpha value is -2.99. The van der Waals surface area contributed by atoms with E-state index in [1.807, 2.05) is 13.8 Å². The second kappa shape index (κ2) is 14.1. The minimum atomic E-state index is -1.16. The van der Waals surface area contributed by atoms with E-state index in [4.69, 9.17) is 11.5 Å². The van der Waals surface area contributed by atoms with Crippen LogP contribution >= 0.6 is 0 Å². The zero-order valence-corrected chi connectivity index (χ0v) is 18.6. The minimum Gasteiger partial charge on any atom is -0.480 e. The summed E-state index contributed by atoms with van der Waals surface area (Å²) in [4.78, 5) is 55.3. The maximum atomic E-state index is 12.7. The lowest BCUT2D eigenvalue weighted by molar-refractivity contribution is -0.142. The number of hydrogen-bond acceptors (Lipinski definition) is 7. The molecular weight excluding hydrogens is 418 g/mol. The van der Waals surface area contributed by atoms with Crippen molar-refractivity contribution < 1.29 is 24.3 Å². The van der Waals surface area contributed by atoms with Crippen LogP contribution in [0.3, 0.4) is 0 Å². The Morgan fingerprint density at radius 1 is 1.12 bits per heavy atom. The summed E-state index contributed by atoms with van der Waals surface area (Å²) in [5, 5.41) is 16.7. The van der Waals surface area contributed by atoms with Crippen molar-refractivity contribution in [3.05, 3.63) is 18.2 Å². The third-order valence-electron chi connectivity index (χ3n) is 4.68. The fourth-order valence-corrected chi connectivity index (χ4v) is 3.01. The molecule has 0 saturated carbocycles. The Kier molecular flexibility index (Phi) is 12.0. The Morgan fingerprint density at radius 2 is 1.84 bits per heavy atom. The molecule has 0 saturated heterocycles. The molecule has 0 radical (unpaired) electrons. The van der Waals surface area contributed by atoms with Gasteiger partial charge in [-0.05, 0) is 38.1 Å². The molecule has 180 valence electrons. The number of imidazole rings is 1. The van der Waals surface area contributed by atoms with E-state index in [2.05, 4.69) is 25.9 Å². The number of aromatic nitrogens is 2. The standard InChI is InChI=1S/C20H35N7O5/c1-12(2)7-14(22)18(29)27-16(8-13-9-23-11-25-13)19(30)24-10-17(28)26-15(20(31)32)5-3-4-6-21/h9,11-12,14-16H,3-8,10,21-22H2,1-2H3,(H,23,25)(H,24,30)(H,26,28)(H,27,29)(H,31,32). The van der Waals surface area contributed by atoms with Crippen molar-refractivity contribution in [3.8, 4) is 0 Å². The first-order valence-electron chi connectivity index (χ1n) is 10.7. The van der Waals surface area contributed by atoms with Gasteiger partial charge in [0.2, 0.25) is 17.7 Å². The zero-order chi connectivity index (χ0) is 24.1. The van der Waals surface area contributed by atoms with Gasteiger partial charge in [0.05, 0.1) is 18.9 Å². The number of carbonyl (C=O) groups is 4. The van der Waals surface area contributed by atoms with E-state index >= 15 is 0 Å². The van der Waals surface area contributed by atoms with E-state index in [1.54, 1.807) is 0 Å². The van der Waals surface area contributed by atoms with E-state index in [1.165, 1.54) is 12.5 Å². The lowest BCUT2D eigenvalue weighted by Gasteiger charge is -2.21. The summed E-state index contributed by atoms with van der Waals surface area (Å²) < 4.78 is 0. The van der Waals surface area contributed by atoms with Crippen molar-refractivity contribution in [2.75, 3.05) is 13.1 Å². The third-order valence-corrected chi connectivity index (χ3v) is 4.68. The highest BCUT2D eigenvalue weighted by molar-refractivity contribution is 5.92. The van der Waals surface area contributed by atoms with Crippen molar-refractivity contribution in [1.82, 2.24) is 25.9 Å². The monoisotopic (exact) mass is 453 g/mol. The molecule has 3 atom stereocenters. The summed E-state index contributed by atoms with van der Waals surface area (Å²) in [6.07, 6.45) is 4.96. The van der Waals surface area contributed by atoms with Crippen LogP contribution in [0.4, 0.5) is 0 Å². The zero-order valence-electron chi connectivity index (χ0n) is 18.6. The van der Waals surface area contributed by atoms with Crippen LogP contribution in [0.1, 0.15) is 45.2 Å². The number of hydrogen-bond donors (Lipinski definition) is 7. The lowest BCUT2D eigenvalue weighted by Crippen LogP contribution is -2.54. The van der Waals surface area contributed by atoms with E-state index in [0.29, 0.717) is 31.5 Å². The molecule has 1 aromatic heterocycles. The molecule has 32 heavy (non-hydrogen) atoms. The van der Waals surface area contributed by atoms with Crippen molar-refractivity contribution in [1.29, 1.82) is 0 Å². The van der Waals surface area contributed by atoms with Gasteiger partial charge in [0.15, 0.2) is 0 Å². The van der Waals surface area contributed by atoms with E-state index in [0.717, 1.165) is 0 Å². The molecule has 1 aromatic rings. The maximum Gasteiger partial charge on any atom is 0.326 e. The summed E-state index contributed by atoms with van der Waals surface area (Å²) in [5.41, 5.74) is 11.9. The summed E-state index contributed by atoms with van der Waals surface area (Å²) in [7, 11) is 0. The van der Waals surface area contributed by atoms with Gasteiger partial charge in [0.1, 0.15) is 12.1 Å². The number of unbranched alkanes of at least 4 members (excludes halogenated alkanes) is 1. The first-order chi connectivity index (χ1) is 15.1. The number of nitrogens with two attached hydrogens (primary N) is 2. The average molecular weight is 454 g/mol. The number of nitrogens with zero attached hydrogens (tertiary/aromatic N) is 1. The molecular formula is C20H35N7O5. The van der Waals surface area contributed by atoms with Gasteiger partial charge in [0, 0.05) is 18.3 Å². The van der Waals surface area contributed by atoms with Crippen LogP contribution in [0.25, 0.3) is 0 Å². The summed E-state index contributed by atoms with van der Waals surface area (Å²) in [6, 6.07) is -2.84. The molecule has 1 rings (SSSR count). The smallest absolute Gasteiger partial charge is 0.326 e. The molecule has 3 amide bonds. The van der Waals surface area contributed by atoms with Crippen molar-refractivity contribution in [2.45, 2.75) is 64.1 Å². The van der Waals surface area contributed by atoms with Crippen molar-refractivity contribution in [3.63, 3.8) is 0 Å². The van der Waals surface area contributed by atoms with Gasteiger partial charge in [-0.25, -0.2) is 9.78 Å². The summed E-state index contributed by atoms with van der Waals surface area (Å²) >= 11 is 0. The Balaban J connectivity index is 2.69. The van der Waals surface area contributed by atoms with E-state index in [-0.39, 0.29) is 18.8 Å². The number of H-pyrrole nitrogens is 1. The maximum absolute atomic E-state index is 12.7. The molecule has 0 aliphatic carbocycles. The van der Waals surface area contributed by atoms with Gasteiger partial charge in [-0.1, -0.05) is 13.8 Å². The highest BCUT2D eigenvalue weighted by Gasteiger charge is 2.26. The number of carboxylic acids is 1. The Labute approximate surface area is 187 Å². The Morgan fingerprint density at radius 3 is 2.41 bits per heavy atom. The van der Waals surface area contributed by atoms with Gasteiger partial charge >= 0.3 is 5.97 Å². The molecule has 0 fully saturated rings. The molecule has 3 unspecified atom stereocenters. The quantitative estimate of drug-likeness (QED) is 0.157. The van der Waals surface area contributed by atoms with Crippen LogP contribution in [0.2, 0.25) is 0 Å². The second-order valence-electron chi connectivity index (χ2n) is 8.04. The van der Waals surface area contributed by atoms with Crippen LogP contribution in [0.15, 0.2) is 12.5 Å². The predicted octanol–water partition coefficient (Wildman–Crippen LogP) is -1.37. The fraction of sp³-hybridized carbons (Fsp3) is 0.650. The summed E-state index contributed by atoms with van der Waals surface area (Å²) in [5.74, 6) is -2.69.